The van der Waals surface area contributed by atoms with E-state index in [1.807, 2.05) is 29.2 Å². The van der Waals surface area contributed by atoms with E-state index in [4.69, 9.17) is 11.6 Å². The Morgan fingerprint density at radius 3 is 2.76 bits per heavy atom. The number of nitrogens with zero attached hydrogens (tertiary/aromatic N) is 2. The van der Waals surface area contributed by atoms with Crippen LogP contribution in [0.15, 0.2) is 47.2 Å². The summed E-state index contributed by atoms with van der Waals surface area (Å²) >= 11 is 9.66. The summed E-state index contributed by atoms with van der Waals surface area (Å²) in [5, 5.41) is 0.452. The van der Waals surface area contributed by atoms with Crippen LogP contribution in [0.25, 0.3) is 0 Å². The Bertz CT molecular complexity index is 673. The molecule has 108 valence electrons. The highest BCUT2D eigenvalue weighted by atomic mass is 79.9. The quantitative estimate of drug-likeness (QED) is 0.809. The molecule has 1 fully saturated rings. The number of carbonyl (C=O) groups is 1. The van der Waals surface area contributed by atoms with E-state index in [9.17, 15) is 4.79 Å². The van der Waals surface area contributed by atoms with Crippen LogP contribution >= 0.6 is 27.5 Å². The number of rotatable bonds is 4. The van der Waals surface area contributed by atoms with Crippen molar-refractivity contribution in [2.75, 3.05) is 0 Å². The van der Waals surface area contributed by atoms with Crippen molar-refractivity contribution in [3.05, 3.63) is 63.3 Å². The van der Waals surface area contributed by atoms with Crippen LogP contribution in [0, 0.1) is 0 Å². The van der Waals surface area contributed by atoms with Gasteiger partial charge in [0.2, 0.25) is 0 Å². The summed E-state index contributed by atoms with van der Waals surface area (Å²) in [6.07, 6.45) is 5.23. The van der Waals surface area contributed by atoms with E-state index in [1.165, 1.54) is 0 Å². The second kappa shape index (κ2) is 6.16. The number of benzene rings is 1. The zero-order valence-corrected chi connectivity index (χ0v) is 13.6. The Morgan fingerprint density at radius 2 is 2.10 bits per heavy atom. The molecule has 0 atom stereocenters. The molecule has 3 nitrogen and oxygen atoms in total. The van der Waals surface area contributed by atoms with Crippen LogP contribution in [0.3, 0.4) is 0 Å². The van der Waals surface area contributed by atoms with Gasteiger partial charge in [0.05, 0.1) is 10.6 Å². The normalized spacial score (nSPS) is 14.0. The Morgan fingerprint density at radius 1 is 1.33 bits per heavy atom. The molecule has 1 aromatic carbocycles. The van der Waals surface area contributed by atoms with Gasteiger partial charge < -0.3 is 4.90 Å². The first-order chi connectivity index (χ1) is 10.2. The van der Waals surface area contributed by atoms with Gasteiger partial charge >= 0.3 is 0 Å². The lowest BCUT2D eigenvalue weighted by Gasteiger charge is -2.23. The SMILES string of the molecule is O=C(c1cnccc1Cl)N(Cc1ccccc1Br)C1CC1. The molecule has 1 saturated carbocycles. The highest BCUT2D eigenvalue weighted by molar-refractivity contribution is 9.10. The van der Waals surface area contributed by atoms with Crippen LogP contribution < -0.4 is 0 Å². The molecule has 0 spiro atoms. The van der Waals surface area contributed by atoms with Gasteiger partial charge in [-0.3, -0.25) is 9.78 Å². The maximum absolute atomic E-state index is 12.7. The molecule has 1 aromatic heterocycles. The summed E-state index contributed by atoms with van der Waals surface area (Å²) in [4.78, 5) is 18.7. The molecule has 1 amide bonds. The largest absolute Gasteiger partial charge is 0.331 e. The van der Waals surface area contributed by atoms with Crippen LogP contribution in [0.4, 0.5) is 0 Å². The summed E-state index contributed by atoms with van der Waals surface area (Å²) in [5.41, 5.74) is 1.57. The van der Waals surface area contributed by atoms with Crippen LogP contribution in [0.2, 0.25) is 5.02 Å². The first-order valence-corrected chi connectivity index (χ1v) is 7.98. The third-order valence-corrected chi connectivity index (χ3v) is 4.65. The summed E-state index contributed by atoms with van der Waals surface area (Å²) in [7, 11) is 0. The van der Waals surface area contributed by atoms with E-state index in [0.717, 1.165) is 22.9 Å². The molecular formula is C16H14BrClN2O. The number of pyridine rings is 1. The van der Waals surface area contributed by atoms with Crippen molar-refractivity contribution < 1.29 is 4.79 Å². The van der Waals surface area contributed by atoms with Crippen LogP contribution in [-0.4, -0.2) is 21.8 Å². The van der Waals surface area contributed by atoms with Gasteiger partial charge in [0, 0.05) is 29.5 Å². The zero-order chi connectivity index (χ0) is 14.8. The highest BCUT2D eigenvalue weighted by Crippen LogP contribution is 2.32. The number of amides is 1. The Hall–Kier alpha value is -1.39. The molecule has 0 N–H and O–H groups in total. The van der Waals surface area contributed by atoms with Crippen molar-refractivity contribution in [2.24, 2.45) is 0 Å². The molecule has 0 aliphatic heterocycles. The lowest BCUT2D eigenvalue weighted by Crippen LogP contribution is -2.33. The average Bonchev–Trinajstić information content (AvgIpc) is 3.31. The van der Waals surface area contributed by atoms with Gasteiger partial charge in [0.1, 0.15) is 0 Å². The van der Waals surface area contributed by atoms with E-state index in [2.05, 4.69) is 20.9 Å². The minimum atomic E-state index is -0.0497. The first kappa shape index (κ1) is 14.5. The van der Waals surface area contributed by atoms with Gasteiger partial charge in [-0.25, -0.2) is 0 Å². The van der Waals surface area contributed by atoms with E-state index in [-0.39, 0.29) is 5.91 Å². The number of aromatic nitrogens is 1. The molecule has 1 heterocycles. The molecule has 21 heavy (non-hydrogen) atoms. The fourth-order valence-corrected chi connectivity index (χ4v) is 2.85. The molecule has 1 aliphatic carbocycles. The predicted molar refractivity (Wildman–Crippen MR) is 86.3 cm³/mol. The third-order valence-electron chi connectivity index (χ3n) is 3.55. The Balaban J connectivity index is 1.87. The molecule has 5 heteroatoms. The average molecular weight is 366 g/mol. The Labute approximate surface area is 137 Å². The summed E-state index contributed by atoms with van der Waals surface area (Å²) in [5.74, 6) is -0.0497. The smallest absolute Gasteiger partial charge is 0.257 e. The molecule has 0 radical (unpaired) electrons. The van der Waals surface area contributed by atoms with Gasteiger partial charge in [0.15, 0.2) is 0 Å². The number of hydrogen-bond donors (Lipinski definition) is 0. The Kier molecular flexibility index (Phi) is 4.27. The zero-order valence-electron chi connectivity index (χ0n) is 11.3. The van der Waals surface area contributed by atoms with Gasteiger partial charge in [0.25, 0.3) is 5.91 Å². The second-order valence-electron chi connectivity index (χ2n) is 5.11. The topological polar surface area (TPSA) is 33.2 Å². The monoisotopic (exact) mass is 364 g/mol. The number of hydrogen-bond acceptors (Lipinski definition) is 2. The van der Waals surface area contributed by atoms with Gasteiger partial charge in [-0.1, -0.05) is 45.7 Å². The lowest BCUT2D eigenvalue weighted by atomic mass is 10.2. The number of halogens is 2. The van der Waals surface area contributed by atoms with Gasteiger partial charge in [-0.15, -0.1) is 0 Å². The van der Waals surface area contributed by atoms with Crippen LogP contribution in [-0.2, 0) is 6.54 Å². The summed E-state index contributed by atoms with van der Waals surface area (Å²) in [6.45, 7) is 0.580. The summed E-state index contributed by atoms with van der Waals surface area (Å²) in [6, 6.07) is 9.92. The predicted octanol–water partition coefficient (Wildman–Crippen LogP) is 4.30. The minimum absolute atomic E-state index is 0.0497. The van der Waals surface area contributed by atoms with Crippen molar-refractivity contribution in [2.45, 2.75) is 25.4 Å². The highest BCUT2D eigenvalue weighted by Gasteiger charge is 2.34. The molecule has 2 aromatic rings. The minimum Gasteiger partial charge on any atom is -0.331 e. The molecule has 1 aliphatic rings. The van der Waals surface area contributed by atoms with Crippen molar-refractivity contribution in [3.63, 3.8) is 0 Å². The number of carbonyl (C=O) groups excluding carboxylic acids is 1. The first-order valence-electron chi connectivity index (χ1n) is 6.80. The van der Waals surface area contributed by atoms with Crippen molar-refractivity contribution in [1.82, 2.24) is 9.88 Å². The molecule has 0 unspecified atom stereocenters. The van der Waals surface area contributed by atoms with Crippen LogP contribution in [0.5, 0.6) is 0 Å². The molecule has 3 rings (SSSR count). The maximum Gasteiger partial charge on any atom is 0.257 e. The maximum atomic E-state index is 12.7. The van der Waals surface area contributed by atoms with E-state index in [0.29, 0.717) is 23.2 Å². The molecule has 0 saturated heterocycles. The van der Waals surface area contributed by atoms with Crippen molar-refractivity contribution >= 4 is 33.4 Å². The summed E-state index contributed by atoms with van der Waals surface area (Å²) < 4.78 is 1.01. The molecular weight excluding hydrogens is 352 g/mol. The van der Waals surface area contributed by atoms with Crippen molar-refractivity contribution in [3.8, 4) is 0 Å². The lowest BCUT2D eigenvalue weighted by molar-refractivity contribution is 0.0729. The second-order valence-corrected chi connectivity index (χ2v) is 6.37. The fourth-order valence-electron chi connectivity index (χ4n) is 2.25. The van der Waals surface area contributed by atoms with Crippen molar-refractivity contribution in [1.29, 1.82) is 0 Å². The van der Waals surface area contributed by atoms with Crippen LogP contribution in [0.1, 0.15) is 28.8 Å². The van der Waals surface area contributed by atoms with Gasteiger partial charge in [-0.2, -0.15) is 0 Å². The standard InChI is InChI=1S/C16H14BrClN2O/c17-14-4-2-1-3-11(14)10-20(12-5-6-12)16(21)13-9-19-8-7-15(13)18/h1-4,7-9,12H,5-6,10H2. The van der Waals surface area contributed by atoms with E-state index < -0.39 is 0 Å². The van der Waals surface area contributed by atoms with E-state index >= 15 is 0 Å². The third kappa shape index (κ3) is 3.27. The molecule has 0 bridgehead atoms. The fraction of sp³-hybridized carbons (Fsp3) is 0.250. The van der Waals surface area contributed by atoms with Gasteiger partial charge in [-0.05, 0) is 30.5 Å². The van der Waals surface area contributed by atoms with E-state index in [1.54, 1.807) is 18.5 Å².